The Hall–Kier alpha value is -1.31. The first-order valence-corrected chi connectivity index (χ1v) is 8.76. The molecule has 3 aromatic heterocycles. The fraction of sp³-hybridized carbons (Fsp3) is 0.429. The predicted molar refractivity (Wildman–Crippen MR) is 85.0 cm³/mol. The fourth-order valence-corrected chi connectivity index (χ4v) is 4.18. The van der Waals surface area contributed by atoms with Crippen molar-refractivity contribution in [3.8, 4) is 0 Å². The molecule has 0 spiro atoms. The second-order valence-electron chi connectivity index (χ2n) is 5.42. The minimum atomic E-state index is 0.700. The molecule has 0 radical (unpaired) electrons. The van der Waals surface area contributed by atoms with Crippen molar-refractivity contribution in [1.82, 2.24) is 24.5 Å². The fourth-order valence-electron chi connectivity index (χ4n) is 2.37. The summed E-state index contributed by atoms with van der Waals surface area (Å²) in [6.07, 6.45) is 4.71. The van der Waals surface area contributed by atoms with Gasteiger partial charge < -0.3 is 5.32 Å². The zero-order valence-electron chi connectivity index (χ0n) is 12.0. The topological polar surface area (TPSA) is 47.1 Å². The molecule has 5 nitrogen and oxygen atoms in total. The molecule has 3 heterocycles. The number of nitrogens with one attached hydrogen (secondary N) is 1. The SMILES string of the molecule is Cc1cc(Sc2nc3sccn3c2CNC2CC2)n(C)n1. The average Bonchev–Trinajstić information content (AvgIpc) is 2.93. The molecule has 1 N–H and O–H groups in total. The Bertz CT molecular complexity index is 781. The summed E-state index contributed by atoms with van der Waals surface area (Å²) < 4.78 is 4.12. The average molecular weight is 319 g/mol. The molecule has 1 fully saturated rings. The van der Waals surface area contributed by atoms with Crippen LogP contribution in [0.15, 0.2) is 27.7 Å². The quantitative estimate of drug-likeness (QED) is 0.785. The summed E-state index contributed by atoms with van der Waals surface area (Å²) in [5.41, 5.74) is 2.29. The van der Waals surface area contributed by atoms with Crippen LogP contribution in [-0.4, -0.2) is 25.2 Å². The monoisotopic (exact) mass is 319 g/mol. The van der Waals surface area contributed by atoms with Crippen molar-refractivity contribution in [3.63, 3.8) is 0 Å². The van der Waals surface area contributed by atoms with E-state index in [9.17, 15) is 0 Å². The summed E-state index contributed by atoms with van der Waals surface area (Å²) in [4.78, 5) is 5.84. The molecular weight excluding hydrogens is 302 g/mol. The standard InChI is InChI=1S/C14H17N5S2/c1-9-7-12(18(2)17-9)21-13-11(8-15-10-3-4-10)19-5-6-20-14(19)16-13/h5-7,10,15H,3-4,8H2,1-2H3. The summed E-state index contributed by atoms with van der Waals surface area (Å²) in [5.74, 6) is 0. The van der Waals surface area contributed by atoms with E-state index in [-0.39, 0.29) is 0 Å². The normalized spacial score (nSPS) is 15.1. The van der Waals surface area contributed by atoms with E-state index in [1.54, 1.807) is 23.1 Å². The zero-order chi connectivity index (χ0) is 14.4. The van der Waals surface area contributed by atoms with Gasteiger partial charge in [0.05, 0.1) is 11.4 Å². The molecule has 7 heteroatoms. The first kappa shape index (κ1) is 13.4. The van der Waals surface area contributed by atoms with Gasteiger partial charge >= 0.3 is 0 Å². The zero-order valence-corrected chi connectivity index (χ0v) is 13.7. The molecule has 0 amide bonds. The number of hydrogen-bond donors (Lipinski definition) is 1. The van der Waals surface area contributed by atoms with Gasteiger partial charge in [-0.1, -0.05) is 0 Å². The minimum absolute atomic E-state index is 0.700. The molecule has 0 bridgehead atoms. The van der Waals surface area contributed by atoms with Gasteiger partial charge in [0, 0.05) is 31.2 Å². The van der Waals surface area contributed by atoms with E-state index in [4.69, 9.17) is 4.98 Å². The molecule has 0 saturated heterocycles. The van der Waals surface area contributed by atoms with Crippen molar-refractivity contribution in [2.75, 3.05) is 0 Å². The maximum Gasteiger partial charge on any atom is 0.194 e. The summed E-state index contributed by atoms with van der Waals surface area (Å²) in [6, 6.07) is 2.81. The van der Waals surface area contributed by atoms with Gasteiger partial charge in [0.2, 0.25) is 0 Å². The Morgan fingerprint density at radius 1 is 1.48 bits per heavy atom. The number of hydrogen-bond acceptors (Lipinski definition) is 5. The summed E-state index contributed by atoms with van der Waals surface area (Å²) in [7, 11) is 1.98. The number of rotatable bonds is 5. The Morgan fingerprint density at radius 3 is 3.05 bits per heavy atom. The van der Waals surface area contributed by atoms with E-state index >= 15 is 0 Å². The van der Waals surface area contributed by atoms with E-state index in [1.165, 1.54) is 18.5 Å². The molecule has 0 aliphatic heterocycles. The van der Waals surface area contributed by atoms with Crippen molar-refractivity contribution in [2.45, 2.75) is 42.4 Å². The van der Waals surface area contributed by atoms with Gasteiger partial charge in [-0.2, -0.15) is 5.10 Å². The first-order valence-electron chi connectivity index (χ1n) is 7.07. The van der Waals surface area contributed by atoms with Crippen LogP contribution in [-0.2, 0) is 13.6 Å². The minimum Gasteiger partial charge on any atom is -0.308 e. The van der Waals surface area contributed by atoms with Gasteiger partial charge in [-0.25, -0.2) is 4.98 Å². The molecule has 1 aliphatic rings. The summed E-state index contributed by atoms with van der Waals surface area (Å²) in [5, 5.41) is 12.3. The van der Waals surface area contributed by atoms with E-state index in [0.29, 0.717) is 6.04 Å². The number of aryl methyl sites for hydroxylation is 2. The summed E-state index contributed by atoms with van der Waals surface area (Å²) in [6.45, 7) is 2.90. The van der Waals surface area contributed by atoms with Gasteiger partial charge in [-0.05, 0) is 37.6 Å². The largest absolute Gasteiger partial charge is 0.308 e. The predicted octanol–water partition coefficient (Wildman–Crippen LogP) is 2.84. The molecule has 1 saturated carbocycles. The van der Waals surface area contributed by atoms with E-state index in [2.05, 4.69) is 32.5 Å². The van der Waals surface area contributed by atoms with E-state index in [1.807, 2.05) is 18.7 Å². The van der Waals surface area contributed by atoms with Crippen molar-refractivity contribution in [1.29, 1.82) is 0 Å². The third-order valence-corrected chi connectivity index (χ3v) is 5.49. The van der Waals surface area contributed by atoms with Gasteiger partial charge in [0.25, 0.3) is 0 Å². The van der Waals surface area contributed by atoms with Crippen molar-refractivity contribution >= 4 is 28.1 Å². The third kappa shape index (κ3) is 2.61. The number of aromatic nitrogens is 4. The number of imidazole rings is 1. The van der Waals surface area contributed by atoms with Crippen LogP contribution in [0, 0.1) is 6.92 Å². The lowest BCUT2D eigenvalue weighted by molar-refractivity contribution is 0.660. The molecule has 21 heavy (non-hydrogen) atoms. The van der Waals surface area contributed by atoms with Crippen LogP contribution in [0.4, 0.5) is 0 Å². The lowest BCUT2D eigenvalue weighted by Crippen LogP contribution is -2.16. The van der Waals surface area contributed by atoms with Crippen LogP contribution in [0.2, 0.25) is 0 Å². The van der Waals surface area contributed by atoms with Crippen LogP contribution < -0.4 is 5.32 Å². The van der Waals surface area contributed by atoms with E-state index < -0.39 is 0 Å². The molecule has 4 rings (SSSR count). The third-order valence-electron chi connectivity index (χ3n) is 3.62. The highest BCUT2D eigenvalue weighted by atomic mass is 32.2. The molecule has 0 unspecified atom stereocenters. The van der Waals surface area contributed by atoms with Gasteiger partial charge in [0.1, 0.15) is 10.1 Å². The van der Waals surface area contributed by atoms with Crippen LogP contribution >= 0.6 is 23.1 Å². The highest BCUT2D eigenvalue weighted by Gasteiger charge is 2.23. The Balaban J connectivity index is 1.67. The first-order chi connectivity index (χ1) is 10.2. The molecular formula is C14H17N5S2. The second kappa shape index (κ2) is 5.15. The number of nitrogens with zero attached hydrogens (tertiary/aromatic N) is 4. The lowest BCUT2D eigenvalue weighted by atomic mass is 10.4. The number of fused-ring (bicyclic) bond motifs is 1. The smallest absolute Gasteiger partial charge is 0.194 e. The van der Waals surface area contributed by atoms with Crippen molar-refractivity contribution < 1.29 is 0 Å². The highest BCUT2D eigenvalue weighted by molar-refractivity contribution is 7.99. The van der Waals surface area contributed by atoms with Gasteiger partial charge in [-0.15, -0.1) is 11.3 Å². The Kier molecular flexibility index (Phi) is 3.28. The lowest BCUT2D eigenvalue weighted by Gasteiger charge is -2.05. The van der Waals surface area contributed by atoms with Crippen LogP contribution in [0.1, 0.15) is 24.2 Å². The van der Waals surface area contributed by atoms with Crippen LogP contribution in [0.5, 0.6) is 0 Å². The highest BCUT2D eigenvalue weighted by Crippen LogP contribution is 2.32. The van der Waals surface area contributed by atoms with Crippen molar-refractivity contribution in [2.24, 2.45) is 7.05 Å². The maximum atomic E-state index is 4.78. The molecule has 1 aliphatic carbocycles. The maximum absolute atomic E-state index is 4.78. The molecule has 3 aromatic rings. The van der Waals surface area contributed by atoms with Gasteiger partial charge in [-0.3, -0.25) is 9.08 Å². The Morgan fingerprint density at radius 2 is 2.33 bits per heavy atom. The Labute approximate surface area is 131 Å². The second-order valence-corrected chi connectivity index (χ2v) is 7.31. The molecule has 0 aromatic carbocycles. The van der Waals surface area contributed by atoms with E-state index in [0.717, 1.165) is 27.3 Å². The van der Waals surface area contributed by atoms with Crippen LogP contribution in [0.25, 0.3) is 4.96 Å². The van der Waals surface area contributed by atoms with Gasteiger partial charge in [0.15, 0.2) is 4.96 Å². The molecule has 0 atom stereocenters. The number of thiazole rings is 1. The van der Waals surface area contributed by atoms with Crippen LogP contribution in [0.3, 0.4) is 0 Å². The van der Waals surface area contributed by atoms with Crippen molar-refractivity contribution in [3.05, 3.63) is 29.0 Å². The summed E-state index contributed by atoms with van der Waals surface area (Å²) >= 11 is 3.38. The molecule has 110 valence electrons.